The Kier molecular flexibility index (Phi) is 3.48. The van der Waals surface area contributed by atoms with Crippen molar-refractivity contribution in [2.45, 2.75) is 33.2 Å². The molecule has 0 spiro atoms. The molecule has 2 rings (SSSR count). The molecule has 0 unspecified atom stereocenters. The number of rotatable bonds is 4. The van der Waals surface area contributed by atoms with Gasteiger partial charge in [0.15, 0.2) is 0 Å². The standard InChI is InChI=1S/C15H18N2O2/c1-10-11(2)13(19-3)5-4-12(10)8-17-14(18)15(9-16)6-7-15/h4-5H,6-8H2,1-3H3,(H,17,18). The molecular weight excluding hydrogens is 240 g/mol. The molecule has 1 N–H and O–H groups in total. The Balaban J connectivity index is 2.07. The summed E-state index contributed by atoms with van der Waals surface area (Å²) in [7, 11) is 1.65. The molecule has 0 aliphatic heterocycles. The first kappa shape index (κ1) is 13.4. The van der Waals surface area contributed by atoms with E-state index < -0.39 is 5.41 Å². The van der Waals surface area contributed by atoms with Crippen molar-refractivity contribution >= 4 is 5.91 Å². The van der Waals surface area contributed by atoms with Gasteiger partial charge in [0.2, 0.25) is 5.91 Å². The van der Waals surface area contributed by atoms with E-state index in [0.717, 1.165) is 22.4 Å². The van der Waals surface area contributed by atoms with Crippen LogP contribution < -0.4 is 10.1 Å². The second kappa shape index (κ2) is 4.93. The lowest BCUT2D eigenvalue weighted by atomic mass is 10.0. The molecule has 0 radical (unpaired) electrons. The molecule has 0 aromatic heterocycles. The summed E-state index contributed by atoms with van der Waals surface area (Å²) in [6.45, 7) is 4.46. The first-order valence-electron chi connectivity index (χ1n) is 6.37. The lowest BCUT2D eigenvalue weighted by molar-refractivity contribution is -0.124. The highest BCUT2D eigenvalue weighted by Crippen LogP contribution is 2.45. The second-order valence-corrected chi connectivity index (χ2v) is 5.05. The van der Waals surface area contributed by atoms with E-state index >= 15 is 0 Å². The summed E-state index contributed by atoms with van der Waals surface area (Å²) >= 11 is 0. The summed E-state index contributed by atoms with van der Waals surface area (Å²) in [4.78, 5) is 11.9. The molecule has 1 amide bonds. The third kappa shape index (κ3) is 2.41. The normalized spacial score (nSPS) is 15.5. The predicted molar refractivity (Wildman–Crippen MR) is 71.6 cm³/mol. The number of methoxy groups -OCH3 is 1. The highest BCUT2D eigenvalue weighted by molar-refractivity contribution is 5.88. The van der Waals surface area contributed by atoms with Gasteiger partial charge in [0.05, 0.1) is 13.2 Å². The Hall–Kier alpha value is -2.02. The molecule has 4 heteroatoms. The number of carbonyl (C=O) groups is 1. The Morgan fingerprint density at radius 1 is 1.42 bits per heavy atom. The van der Waals surface area contributed by atoms with Gasteiger partial charge in [-0.05, 0) is 49.4 Å². The Morgan fingerprint density at radius 2 is 2.11 bits per heavy atom. The van der Waals surface area contributed by atoms with Gasteiger partial charge in [0.1, 0.15) is 11.2 Å². The summed E-state index contributed by atoms with van der Waals surface area (Å²) in [5.41, 5.74) is 2.49. The van der Waals surface area contributed by atoms with Gasteiger partial charge in [-0.1, -0.05) is 6.07 Å². The molecule has 4 nitrogen and oxygen atoms in total. The maximum Gasteiger partial charge on any atom is 0.240 e. The average molecular weight is 258 g/mol. The van der Waals surface area contributed by atoms with Crippen molar-refractivity contribution in [3.8, 4) is 11.8 Å². The van der Waals surface area contributed by atoms with Crippen LogP contribution in [0, 0.1) is 30.6 Å². The molecule has 1 aliphatic carbocycles. The average Bonchev–Trinajstić information content (AvgIpc) is 3.21. The van der Waals surface area contributed by atoms with Gasteiger partial charge < -0.3 is 10.1 Å². The molecule has 19 heavy (non-hydrogen) atoms. The maximum atomic E-state index is 11.9. The number of hydrogen-bond donors (Lipinski definition) is 1. The van der Waals surface area contributed by atoms with Crippen molar-refractivity contribution in [3.63, 3.8) is 0 Å². The van der Waals surface area contributed by atoms with E-state index in [9.17, 15) is 4.79 Å². The Labute approximate surface area is 113 Å². The van der Waals surface area contributed by atoms with Gasteiger partial charge in [-0.15, -0.1) is 0 Å². The minimum Gasteiger partial charge on any atom is -0.496 e. The molecule has 1 fully saturated rings. The van der Waals surface area contributed by atoms with Crippen LogP contribution in [-0.2, 0) is 11.3 Å². The predicted octanol–water partition coefficient (Wildman–Crippen LogP) is 2.23. The quantitative estimate of drug-likeness (QED) is 0.900. The number of hydrogen-bond acceptors (Lipinski definition) is 3. The maximum absolute atomic E-state index is 11.9. The molecule has 1 aromatic rings. The highest BCUT2D eigenvalue weighted by atomic mass is 16.5. The lowest BCUT2D eigenvalue weighted by Crippen LogP contribution is -2.30. The molecule has 1 aromatic carbocycles. The van der Waals surface area contributed by atoms with Crippen LogP contribution in [0.25, 0.3) is 0 Å². The minimum absolute atomic E-state index is 0.150. The number of benzene rings is 1. The summed E-state index contributed by atoms with van der Waals surface area (Å²) in [5, 5.41) is 11.8. The van der Waals surface area contributed by atoms with Gasteiger partial charge >= 0.3 is 0 Å². The zero-order valence-electron chi connectivity index (χ0n) is 11.5. The number of nitrogens with zero attached hydrogens (tertiary/aromatic N) is 1. The third-order valence-corrected chi connectivity index (χ3v) is 3.91. The molecule has 0 bridgehead atoms. The fraction of sp³-hybridized carbons (Fsp3) is 0.467. The topological polar surface area (TPSA) is 62.1 Å². The Bertz CT molecular complexity index is 554. The van der Waals surface area contributed by atoms with Crippen LogP contribution in [0.15, 0.2) is 12.1 Å². The van der Waals surface area contributed by atoms with E-state index in [4.69, 9.17) is 10.00 Å². The number of ether oxygens (including phenoxy) is 1. The van der Waals surface area contributed by atoms with Crippen LogP contribution in [-0.4, -0.2) is 13.0 Å². The van der Waals surface area contributed by atoms with Crippen molar-refractivity contribution in [2.75, 3.05) is 7.11 Å². The fourth-order valence-electron chi connectivity index (χ4n) is 2.12. The van der Waals surface area contributed by atoms with Gasteiger partial charge in [0, 0.05) is 6.54 Å². The number of carbonyl (C=O) groups excluding carboxylic acids is 1. The van der Waals surface area contributed by atoms with E-state index in [2.05, 4.69) is 11.4 Å². The zero-order valence-corrected chi connectivity index (χ0v) is 11.5. The van der Waals surface area contributed by atoms with Crippen LogP contribution in [0.4, 0.5) is 0 Å². The van der Waals surface area contributed by atoms with Crippen LogP contribution in [0.5, 0.6) is 5.75 Å². The minimum atomic E-state index is -0.755. The number of amides is 1. The summed E-state index contributed by atoms with van der Waals surface area (Å²) < 4.78 is 5.26. The summed E-state index contributed by atoms with van der Waals surface area (Å²) in [6.07, 6.45) is 1.35. The summed E-state index contributed by atoms with van der Waals surface area (Å²) in [5.74, 6) is 0.700. The second-order valence-electron chi connectivity index (χ2n) is 5.05. The van der Waals surface area contributed by atoms with Crippen molar-refractivity contribution in [3.05, 3.63) is 28.8 Å². The molecule has 0 saturated heterocycles. The molecule has 1 saturated carbocycles. The van der Waals surface area contributed by atoms with Gasteiger partial charge in [-0.3, -0.25) is 4.79 Å². The van der Waals surface area contributed by atoms with Crippen molar-refractivity contribution in [1.29, 1.82) is 5.26 Å². The zero-order chi connectivity index (χ0) is 14.0. The van der Waals surface area contributed by atoms with E-state index in [1.165, 1.54) is 0 Å². The lowest BCUT2D eigenvalue weighted by Gasteiger charge is -2.14. The van der Waals surface area contributed by atoms with Crippen LogP contribution in [0.2, 0.25) is 0 Å². The van der Waals surface area contributed by atoms with Crippen LogP contribution in [0.3, 0.4) is 0 Å². The van der Waals surface area contributed by atoms with E-state index in [1.807, 2.05) is 26.0 Å². The molecule has 0 atom stereocenters. The molecule has 1 aliphatic rings. The largest absolute Gasteiger partial charge is 0.496 e. The van der Waals surface area contributed by atoms with Crippen molar-refractivity contribution in [1.82, 2.24) is 5.32 Å². The van der Waals surface area contributed by atoms with Crippen molar-refractivity contribution in [2.24, 2.45) is 5.41 Å². The summed E-state index contributed by atoms with van der Waals surface area (Å²) in [6, 6.07) is 5.96. The van der Waals surface area contributed by atoms with E-state index in [1.54, 1.807) is 7.11 Å². The third-order valence-electron chi connectivity index (χ3n) is 3.91. The first-order valence-corrected chi connectivity index (χ1v) is 6.37. The van der Waals surface area contributed by atoms with Gasteiger partial charge in [-0.25, -0.2) is 0 Å². The fourth-order valence-corrected chi connectivity index (χ4v) is 2.12. The molecular formula is C15H18N2O2. The smallest absolute Gasteiger partial charge is 0.240 e. The van der Waals surface area contributed by atoms with E-state index in [-0.39, 0.29) is 5.91 Å². The Morgan fingerprint density at radius 3 is 2.63 bits per heavy atom. The first-order chi connectivity index (χ1) is 9.04. The number of nitriles is 1. The van der Waals surface area contributed by atoms with Crippen LogP contribution >= 0.6 is 0 Å². The molecule has 100 valence electrons. The van der Waals surface area contributed by atoms with Crippen molar-refractivity contribution < 1.29 is 9.53 Å². The molecule has 0 heterocycles. The number of nitrogens with one attached hydrogen (secondary N) is 1. The van der Waals surface area contributed by atoms with Gasteiger partial charge in [-0.2, -0.15) is 5.26 Å². The highest BCUT2D eigenvalue weighted by Gasteiger charge is 2.50. The SMILES string of the molecule is COc1ccc(CNC(=O)C2(C#N)CC2)c(C)c1C. The van der Waals surface area contributed by atoms with Crippen LogP contribution in [0.1, 0.15) is 29.5 Å². The van der Waals surface area contributed by atoms with E-state index in [0.29, 0.717) is 19.4 Å². The monoisotopic (exact) mass is 258 g/mol. The van der Waals surface area contributed by atoms with Gasteiger partial charge in [0.25, 0.3) is 0 Å².